The number of hydrogen-bond donors (Lipinski definition) is 1. The van der Waals surface area contributed by atoms with Crippen molar-refractivity contribution in [1.29, 1.82) is 0 Å². The summed E-state index contributed by atoms with van der Waals surface area (Å²) in [5.74, 6) is -0.832. The smallest absolute Gasteiger partial charge is 0.306 e. The molecule has 0 aromatic rings. The lowest BCUT2D eigenvalue weighted by Gasteiger charge is -2.16. The fourth-order valence-corrected chi connectivity index (χ4v) is 1.04. The minimum absolute atomic E-state index is 0.168. The van der Waals surface area contributed by atoms with Crippen LogP contribution in [0.3, 0.4) is 0 Å². The minimum atomic E-state index is -0.665. The van der Waals surface area contributed by atoms with Gasteiger partial charge in [-0.15, -0.1) is 0 Å². The van der Waals surface area contributed by atoms with Gasteiger partial charge in [0.25, 0.3) is 0 Å². The van der Waals surface area contributed by atoms with E-state index in [9.17, 15) is 4.79 Å². The van der Waals surface area contributed by atoms with Crippen LogP contribution >= 0.6 is 0 Å². The maximum Gasteiger partial charge on any atom is 0.306 e. The minimum Gasteiger partial charge on any atom is -0.481 e. The third-order valence-corrected chi connectivity index (χ3v) is 2.24. The van der Waals surface area contributed by atoms with Crippen LogP contribution in [0, 0.1) is 5.92 Å². The average Bonchev–Trinajstić information content (AvgIpc) is 2.04. The Kier molecular flexibility index (Phi) is 5.89. The fourth-order valence-electron chi connectivity index (χ4n) is 1.04. The highest BCUT2D eigenvalue weighted by Crippen LogP contribution is 2.08. The van der Waals surface area contributed by atoms with Crippen molar-refractivity contribution in [1.82, 2.24) is 4.81 Å². The summed E-state index contributed by atoms with van der Waals surface area (Å²) in [7, 11) is 5.06. The summed E-state index contributed by atoms with van der Waals surface area (Å²) in [5.41, 5.74) is 0. The molecule has 0 aromatic carbocycles. The lowest BCUT2D eigenvalue weighted by molar-refractivity contribution is -0.142. The molecular formula is C7H17B2NO2. The van der Waals surface area contributed by atoms with Crippen LogP contribution in [-0.4, -0.2) is 44.5 Å². The van der Waals surface area contributed by atoms with E-state index >= 15 is 0 Å². The molecular weight excluding hydrogens is 152 g/mol. The van der Waals surface area contributed by atoms with Crippen LogP contribution in [-0.2, 0) is 4.79 Å². The second-order valence-corrected chi connectivity index (χ2v) is 3.13. The number of nitrogens with zero attached hydrogens (tertiary/aromatic N) is 1. The van der Waals surface area contributed by atoms with E-state index in [1.54, 1.807) is 0 Å². The van der Waals surface area contributed by atoms with Gasteiger partial charge in [0.05, 0.1) is 13.7 Å². The number of carbonyl (C=O) groups is 1. The zero-order chi connectivity index (χ0) is 9.56. The Bertz CT molecular complexity index is 143. The van der Waals surface area contributed by atoms with Crippen molar-refractivity contribution < 1.29 is 9.90 Å². The first kappa shape index (κ1) is 11.6. The van der Waals surface area contributed by atoms with E-state index in [-0.39, 0.29) is 5.92 Å². The Morgan fingerprint density at radius 2 is 2.33 bits per heavy atom. The number of aliphatic carboxylic acids is 1. The monoisotopic (exact) mass is 169 g/mol. The van der Waals surface area contributed by atoms with Gasteiger partial charge in [-0.05, 0) is 26.4 Å². The van der Waals surface area contributed by atoms with Crippen LogP contribution in [0.4, 0.5) is 0 Å². The van der Waals surface area contributed by atoms with Crippen molar-refractivity contribution in [2.75, 3.05) is 13.6 Å². The summed E-state index contributed by atoms with van der Waals surface area (Å²) < 4.78 is 0. The SMILES string of the molecule is BBN(C)CCC(CC)C(=O)O. The highest BCUT2D eigenvalue weighted by Gasteiger charge is 2.14. The summed E-state index contributed by atoms with van der Waals surface area (Å²) in [5, 5.41) is 8.74. The van der Waals surface area contributed by atoms with Crippen molar-refractivity contribution in [2.24, 2.45) is 5.92 Å². The van der Waals surface area contributed by atoms with E-state index in [1.165, 1.54) is 0 Å². The van der Waals surface area contributed by atoms with Gasteiger partial charge < -0.3 is 9.92 Å². The third-order valence-electron chi connectivity index (χ3n) is 2.24. The standard InChI is InChI=1S/C7H17B2NO2/c1-3-6(7(11)12)4-5-10(2)9-8/h6,9H,3-5,8H2,1-2H3,(H,11,12). The molecule has 0 saturated carbocycles. The van der Waals surface area contributed by atoms with E-state index < -0.39 is 5.97 Å². The summed E-state index contributed by atoms with van der Waals surface area (Å²) in [6.45, 7) is 2.80. The molecule has 1 atom stereocenters. The van der Waals surface area contributed by atoms with Gasteiger partial charge in [0.1, 0.15) is 0 Å². The van der Waals surface area contributed by atoms with Crippen LogP contribution in [0.25, 0.3) is 0 Å². The van der Waals surface area contributed by atoms with Crippen molar-refractivity contribution in [3.8, 4) is 0 Å². The molecule has 0 aliphatic carbocycles. The number of carboxylic acid groups (broad SMARTS) is 1. The molecule has 0 aliphatic heterocycles. The van der Waals surface area contributed by atoms with Gasteiger partial charge >= 0.3 is 5.97 Å². The van der Waals surface area contributed by atoms with E-state index in [4.69, 9.17) is 5.11 Å². The van der Waals surface area contributed by atoms with Gasteiger partial charge in [-0.1, -0.05) is 6.92 Å². The lowest BCUT2D eigenvalue weighted by Crippen LogP contribution is -2.27. The van der Waals surface area contributed by atoms with Gasteiger partial charge in [0, 0.05) is 0 Å². The fraction of sp³-hybridized carbons (Fsp3) is 0.857. The van der Waals surface area contributed by atoms with Crippen LogP contribution < -0.4 is 0 Å². The van der Waals surface area contributed by atoms with Crippen LogP contribution in [0.15, 0.2) is 0 Å². The predicted molar refractivity (Wildman–Crippen MR) is 54.4 cm³/mol. The predicted octanol–water partition coefficient (Wildman–Crippen LogP) is -0.681. The highest BCUT2D eigenvalue weighted by molar-refractivity contribution is 6.87. The Labute approximate surface area is 75.8 Å². The molecule has 0 aliphatic rings. The molecule has 0 aromatic heterocycles. The molecule has 0 amide bonds. The van der Waals surface area contributed by atoms with Crippen molar-refractivity contribution in [3.05, 3.63) is 0 Å². The maximum absolute atomic E-state index is 10.6. The summed E-state index contributed by atoms with van der Waals surface area (Å²) in [6, 6.07) is 0. The molecule has 1 N–H and O–H groups in total. The van der Waals surface area contributed by atoms with Gasteiger partial charge in [0.15, 0.2) is 7.31 Å². The first-order chi connectivity index (χ1) is 5.61. The molecule has 5 heteroatoms. The van der Waals surface area contributed by atoms with Gasteiger partial charge in [-0.2, -0.15) is 0 Å². The molecule has 0 heterocycles. The Morgan fingerprint density at radius 3 is 2.67 bits per heavy atom. The molecule has 0 fully saturated rings. The molecule has 1 unspecified atom stereocenters. The summed E-state index contributed by atoms with van der Waals surface area (Å²) in [4.78, 5) is 12.7. The summed E-state index contributed by atoms with van der Waals surface area (Å²) in [6.07, 6.45) is 1.49. The normalized spacial score (nSPS) is 12.9. The molecule has 0 spiro atoms. The molecule has 0 bridgehead atoms. The number of carboxylic acids is 1. The van der Waals surface area contributed by atoms with Crippen molar-refractivity contribution >= 4 is 21.0 Å². The van der Waals surface area contributed by atoms with Gasteiger partial charge in [0.2, 0.25) is 0 Å². The average molecular weight is 169 g/mol. The highest BCUT2D eigenvalue weighted by atomic mass is 16.4. The number of hydrogen-bond acceptors (Lipinski definition) is 2. The third kappa shape index (κ3) is 4.44. The maximum atomic E-state index is 10.6. The van der Waals surface area contributed by atoms with Crippen molar-refractivity contribution in [2.45, 2.75) is 19.8 Å². The van der Waals surface area contributed by atoms with E-state index in [0.717, 1.165) is 26.7 Å². The molecule has 0 rings (SSSR count). The van der Waals surface area contributed by atoms with Gasteiger partial charge in [-0.25, -0.2) is 0 Å². The van der Waals surface area contributed by atoms with Crippen LogP contribution in [0.5, 0.6) is 0 Å². The largest absolute Gasteiger partial charge is 0.481 e. The van der Waals surface area contributed by atoms with Crippen LogP contribution in [0.2, 0.25) is 0 Å². The van der Waals surface area contributed by atoms with Crippen molar-refractivity contribution in [3.63, 3.8) is 0 Å². The Morgan fingerprint density at radius 1 is 1.75 bits per heavy atom. The molecule has 68 valence electrons. The Balaban J connectivity index is 3.65. The quantitative estimate of drug-likeness (QED) is 0.535. The lowest BCUT2D eigenvalue weighted by atomic mass is 9.65. The summed E-state index contributed by atoms with van der Waals surface area (Å²) >= 11 is 0. The van der Waals surface area contributed by atoms with E-state index in [2.05, 4.69) is 12.5 Å². The van der Waals surface area contributed by atoms with Crippen LogP contribution in [0.1, 0.15) is 19.8 Å². The first-order valence-electron chi connectivity index (χ1n) is 4.53. The molecule has 0 radical (unpaired) electrons. The molecule has 12 heavy (non-hydrogen) atoms. The molecule has 0 saturated heterocycles. The van der Waals surface area contributed by atoms with E-state index in [1.807, 2.05) is 14.0 Å². The zero-order valence-electron chi connectivity index (χ0n) is 8.21. The second-order valence-electron chi connectivity index (χ2n) is 3.13. The first-order valence-corrected chi connectivity index (χ1v) is 4.53. The zero-order valence-corrected chi connectivity index (χ0v) is 8.21. The second kappa shape index (κ2) is 6.12. The van der Waals surface area contributed by atoms with Gasteiger partial charge in [-0.3, -0.25) is 4.79 Å². The molecule has 3 nitrogen and oxygen atoms in total. The number of rotatable bonds is 6. The van der Waals surface area contributed by atoms with E-state index in [0.29, 0.717) is 0 Å². The topological polar surface area (TPSA) is 40.5 Å². The Hall–Kier alpha value is -0.440.